The van der Waals surface area contributed by atoms with Crippen molar-refractivity contribution < 1.29 is 14.3 Å². The maximum absolute atomic E-state index is 11.9. The fraction of sp³-hybridized carbons (Fsp3) is 0.429. The average Bonchev–Trinajstić information content (AvgIpc) is 2.74. The Balaban J connectivity index is 1.83. The maximum atomic E-state index is 11.9. The van der Waals surface area contributed by atoms with Crippen LogP contribution in [0.1, 0.15) is 12.0 Å². The molecule has 1 amide bonds. The van der Waals surface area contributed by atoms with Gasteiger partial charge in [0.05, 0.1) is 18.2 Å². The number of benzene rings is 1. The van der Waals surface area contributed by atoms with E-state index in [-0.39, 0.29) is 12.5 Å². The smallest absolute Gasteiger partial charge is 0.260 e. The summed E-state index contributed by atoms with van der Waals surface area (Å²) in [6.45, 7) is 2.65. The number of ether oxygens (including phenoxy) is 2. The molecule has 2 rings (SSSR count). The van der Waals surface area contributed by atoms with Crippen molar-refractivity contribution in [1.82, 2.24) is 4.90 Å². The summed E-state index contributed by atoms with van der Waals surface area (Å²) in [5, 5.41) is 8.68. The van der Waals surface area contributed by atoms with Crippen LogP contribution in [0.15, 0.2) is 24.3 Å². The lowest BCUT2D eigenvalue weighted by molar-refractivity contribution is -0.133. The molecule has 0 radical (unpaired) electrons. The van der Waals surface area contributed by atoms with Crippen molar-refractivity contribution in [2.75, 3.05) is 32.9 Å². The molecule has 0 saturated carbocycles. The molecule has 1 aliphatic heterocycles. The van der Waals surface area contributed by atoms with E-state index in [2.05, 4.69) is 0 Å². The van der Waals surface area contributed by atoms with E-state index in [0.717, 1.165) is 13.0 Å². The first-order valence-electron chi connectivity index (χ1n) is 6.28. The van der Waals surface area contributed by atoms with Crippen LogP contribution < -0.4 is 4.74 Å². The number of nitriles is 1. The van der Waals surface area contributed by atoms with E-state index in [1.807, 2.05) is 6.07 Å². The highest BCUT2D eigenvalue weighted by molar-refractivity contribution is 5.77. The number of nitrogens with zero attached hydrogens (tertiary/aromatic N) is 2. The zero-order chi connectivity index (χ0) is 13.5. The van der Waals surface area contributed by atoms with Crippen LogP contribution in [0.25, 0.3) is 0 Å². The van der Waals surface area contributed by atoms with Crippen molar-refractivity contribution in [2.24, 2.45) is 0 Å². The Morgan fingerprint density at radius 2 is 2.11 bits per heavy atom. The second kappa shape index (κ2) is 6.76. The molecule has 0 unspecified atom stereocenters. The van der Waals surface area contributed by atoms with Crippen molar-refractivity contribution in [1.29, 1.82) is 5.26 Å². The zero-order valence-electron chi connectivity index (χ0n) is 10.7. The first kappa shape index (κ1) is 13.4. The molecular weight excluding hydrogens is 244 g/mol. The second-order valence-corrected chi connectivity index (χ2v) is 4.27. The Labute approximate surface area is 112 Å². The van der Waals surface area contributed by atoms with Crippen molar-refractivity contribution in [3.8, 4) is 11.8 Å². The molecule has 1 aromatic rings. The molecule has 0 spiro atoms. The van der Waals surface area contributed by atoms with Crippen LogP contribution in [0.2, 0.25) is 0 Å². The predicted molar refractivity (Wildman–Crippen MR) is 68.7 cm³/mol. The van der Waals surface area contributed by atoms with Gasteiger partial charge in [0.1, 0.15) is 5.75 Å². The summed E-state index contributed by atoms with van der Waals surface area (Å²) in [5.74, 6) is 0.563. The monoisotopic (exact) mass is 260 g/mol. The Morgan fingerprint density at radius 3 is 2.84 bits per heavy atom. The molecule has 1 fully saturated rings. The quantitative estimate of drug-likeness (QED) is 0.819. The van der Waals surface area contributed by atoms with E-state index in [4.69, 9.17) is 14.7 Å². The largest absolute Gasteiger partial charge is 0.484 e. The minimum absolute atomic E-state index is 0.0197. The Hall–Kier alpha value is -2.06. The van der Waals surface area contributed by atoms with Crippen molar-refractivity contribution in [3.63, 3.8) is 0 Å². The third kappa shape index (κ3) is 3.97. The van der Waals surface area contributed by atoms with Crippen molar-refractivity contribution in [2.45, 2.75) is 6.42 Å². The van der Waals surface area contributed by atoms with Crippen LogP contribution in [0, 0.1) is 11.3 Å². The van der Waals surface area contributed by atoms with Crippen LogP contribution in [-0.2, 0) is 9.53 Å². The minimum Gasteiger partial charge on any atom is -0.484 e. The zero-order valence-corrected chi connectivity index (χ0v) is 10.7. The van der Waals surface area contributed by atoms with Gasteiger partial charge >= 0.3 is 0 Å². The Morgan fingerprint density at radius 1 is 1.32 bits per heavy atom. The van der Waals surface area contributed by atoms with E-state index in [1.165, 1.54) is 0 Å². The molecule has 5 nitrogen and oxygen atoms in total. The molecule has 0 aliphatic carbocycles. The molecular formula is C14H16N2O3. The summed E-state index contributed by atoms with van der Waals surface area (Å²) >= 11 is 0. The standard InChI is InChI=1S/C14H16N2O3/c15-10-12-2-4-13(5-3-12)19-11-14(17)16-6-1-8-18-9-7-16/h2-5H,1,6-9,11H2. The fourth-order valence-electron chi connectivity index (χ4n) is 1.86. The van der Waals surface area contributed by atoms with Gasteiger partial charge < -0.3 is 14.4 Å². The second-order valence-electron chi connectivity index (χ2n) is 4.27. The number of amides is 1. The van der Waals surface area contributed by atoms with Crippen molar-refractivity contribution in [3.05, 3.63) is 29.8 Å². The van der Waals surface area contributed by atoms with Gasteiger partial charge in [-0.1, -0.05) is 0 Å². The minimum atomic E-state index is -0.0325. The van der Waals surface area contributed by atoms with Gasteiger partial charge in [-0.05, 0) is 30.7 Å². The van der Waals surface area contributed by atoms with E-state index < -0.39 is 0 Å². The molecule has 5 heteroatoms. The molecule has 0 bridgehead atoms. The maximum Gasteiger partial charge on any atom is 0.260 e. The SMILES string of the molecule is N#Cc1ccc(OCC(=O)N2CCCOCC2)cc1. The Kier molecular flexibility index (Phi) is 4.76. The summed E-state index contributed by atoms with van der Waals surface area (Å²) in [7, 11) is 0. The van der Waals surface area contributed by atoms with Crippen LogP contribution in [-0.4, -0.2) is 43.7 Å². The fourth-order valence-corrected chi connectivity index (χ4v) is 1.86. The highest BCUT2D eigenvalue weighted by atomic mass is 16.5. The molecule has 100 valence electrons. The number of hydrogen-bond donors (Lipinski definition) is 0. The number of carbonyl (C=O) groups is 1. The summed E-state index contributed by atoms with van der Waals surface area (Å²) in [6, 6.07) is 8.75. The van der Waals surface area contributed by atoms with Gasteiger partial charge in [-0.15, -0.1) is 0 Å². The van der Waals surface area contributed by atoms with Crippen LogP contribution in [0.5, 0.6) is 5.75 Å². The third-order valence-corrected chi connectivity index (χ3v) is 2.92. The van der Waals surface area contributed by atoms with Crippen LogP contribution in [0.4, 0.5) is 0 Å². The van der Waals surface area contributed by atoms with Gasteiger partial charge in [-0.2, -0.15) is 5.26 Å². The molecule has 0 atom stereocenters. The summed E-state index contributed by atoms with van der Waals surface area (Å²) in [4.78, 5) is 13.7. The number of hydrogen-bond acceptors (Lipinski definition) is 4. The highest BCUT2D eigenvalue weighted by Crippen LogP contribution is 2.11. The van der Waals surface area contributed by atoms with Gasteiger partial charge in [-0.25, -0.2) is 0 Å². The normalized spacial score (nSPS) is 15.4. The first-order valence-corrected chi connectivity index (χ1v) is 6.28. The Bertz CT molecular complexity index is 457. The summed E-state index contributed by atoms with van der Waals surface area (Å²) < 4.78 is 10.7. The van der Waals surface area contributed by atoms with E-state index in [9.17, 15) is 4.79 Å². The lowest BCUT2D eigenvalue weighted by atomic mass is 10.2. The third-order valence-electron chi connectivity index (χ3n) is 2.92. The van der Waals surface area contributed by atoms with Crippen LogP contribution >= 0.6 is 0 Å². The molecule has 1 heterocycles. The molecule has 1 aliphatic rings. The van der Waals surface area contributed by atoms with E-state index in [1.54, 1.807) is 29.2 Å². The summed E-state index contributed by atoms with van der Waals surface area (Å²) in [6.07, 6.45) is 0.864. The van der Waals surface area contributed by atoms with Gasteiger partial charge in [0.2, 0.25) is 0 Å². The molecule has 19 heavy (non-hydrogen) atoms. The van der Waals surface area contributed by atoms with Crippen LogP contribution in [0.3, 0.4) is 0 Å². The predicted octanol–water partition coefficient (Wildman–Crippen LogP) is 1.19. The molecule has 0 aromatic heterocycles. The van der Waals surface area contributed by atoms with Crippen molar-refractivity contribution >= 4 is 5.91 Å². The lowest BCUT2D eigenvalue weighted by Gasteiger charge is -2.19. The molecule has 1 aromatic carbocycles. The summed E-state index contributed by atoms with van der Waals surface area (Å²) in [5.41, 5.74) is 0.573. The number of carbonyl (C=O) groups excluding carboxylic acids is 1. The number of rotatable bonds is 3. The molecule has 0 N–H and O–H groups in total. The average molecular weight is 260 g/mol. The molecule has 1 saturated heterocycles. The van der Waals surface area contributed by atoms with Gasteiger partial charge in [-0.3, -0.25) is 4.79 Å². The topological polar surface area (TPSA) is 62.6 Å². The van der Waals surface area contributed by atoms with E-state index in [0.29, 0.717) is 31.1 Å². The van der Waals surface area contributed by atoms with E-state index >= 15 is 0 Å². The highest BCUT2D eigenvalue weighted by Gasteiger charge is 2.15. The lowest BCUT2D eigenvalue weighted by Crippen LogP contribution is -2.36. The van der Waals surface area contributed by atoms with Gasteiger partial charge in [0, 0.05) is 19.7 Å². The van der Waals surface area contributed by atoms with Gasteiger partial charge in [0.25, 0.3) is 5.91 Å². The first-order chi connectivity index (χ1) is 9.29. The van der Waals surface area contributed by atoms with Gasteiger partial charge in [0.15, 0.2) is 6.61 Å².